The van der Waals surface area contributed by atoms with Crippen molar-refractivity contribution in [3.05, 3.63) is 57.0 Å². The predicted molar refractivity (Wildman–Crippen MR) is 84.4 cm³/mol. The number of benzene rings is 1. The van der Waals surface area contributed by atoms with Crippen LogP contribution < -0.4 is 10.6 Å². The third-order valence-electron chi connectivity index (χ3n) is 3.10. The summed E-state index contributed by atoms with van der Waals surface area (Å²) in [4.78, 5) is 25.1. The highest BCUT2D eigenvalue weighted by molar-refractivity contribution is 7.13. The maximum atomic E-state index is 13.4. The lowest BCUT2D eigenvalue weighted by Gasteiger charge is -2.07. The first kappa shape index (κ1) is 16.2. The molecule has 4 nitrogen and oxygen atoms in total. The van der Waals surface area contributed by atoms with Crippen LogP contribution in [0.4, 0.5) is 4.39 Å². The van der Waals surface area contributed by atoms with Gasteiger partial charge in [0.25, 0.3) is 5.91 Å². The molecule has 6 heteroatoms. The summed E-state index contributed by atoms with van der Waals surface area (Å²) in [5.41, 5.74) is 1.24. The summed E-state index contributed by atoms with van der Waals surface area (Å²) in [6.45, 7) is 3.71. The summed E-state index contributed by atoms with van der Waals surface area (Å²) < 4.78 is 13.4. The second-order valence-electron chi connectivity index (χ2n) is 4.95. The first-order chi connectivity index (χ1) is 10.5. The summed E-state index contributed by atoms with van der Waals surface area (Å²) in [6, 6.07) is 8.39. The molecule has 0 aliphatic heterocycles. The Bertz CT molecular complexity index is 697. The van der Waals surface area contributed by atoms with Crippen LogP contribution in [0.5, 0.6) is 0 Å². The molecule has 0 aliphatic rings. The van der Waals surface area contributed by atoms with Gasteiger partial charge in [-0.1, -0.05) is 12.1 Å². The van der Waals surface area contributed by atoms with Crippen LogP contribution in [0.1, 0.15) is 25.7 Å². The highest BCUT2D eigenvalue weighted by Crippen LogP contribution is 2.14. The molecule has 0 unspecified atom stereocenters. The molecular weight excluding hydrogens is 303 g/mol. The van der Waals surface area contributed by atoms with E-state index < -0.39 is 0 Å². The Hall–Kier alpha value is -2.21. The molecule has 1 aromatic heterocycles. The molecule has 2 N–H and O–H groups in total. The summed E-state index contributed by atoms with van der Waals surface area (Å²) in [5, 5.41) is 5.19. The minimum atomic E-state index is -0.317. The molecule has 0 spiro atoms. The molecule has 0 fully saturated rings. The standard InChI is InChI=1S/C16H17FN2O2S/c1-10-3-5-12(7-13(10)17)8-18-15(20)9-19-16(21)14-6-4-11(2)22-14/h3-7H,8-9H2,1-2H3,(H,18,20)(H,19,21). The maximum absolute atomic E-state index is 13.4. The van der Waals surface area contributed by atoms with Gasteiger partial charge in [0.1, 0.15) is 5.82 Å². The quantitative estimate of drug-likeness (QED) is 0.889. The fraction of sp³-hybridized carbons (Fsp3) is 0.250. The molecule has 0 radical (unpaired) electrons. The van der Waals surface area contributed by atoms with Crippen LogP contribution in [0, 0.1) is 19.7 Å². The molecule has 2 rings (SSSR count). The van der Waals surface area contributed by atoms with Crippen molar-refractivity contribution in [2.45, 2.75) is 20.4 Å². The first-order valence-electron chi connectivity index (χ1n) is 6.82. The SMILES string of the molecule is Cc1ccc(C(=O)NCC(=O)NCc2ccc(C)c(F)c2)s1. The average molecular weight is 320 g/mol. The van der Waals surface area contributed by atoms with Crippen LogP contribution in [0.3, 0.4) is 0 Å². The van der Waals surface area contributed by atoms with E-state index in [2.05, 4.69) is 10.6 Å². The monoisotopic (exact) mass is 320 g/mol. The third-order valence-corrected chi connectivity index (χ3v) is 4.10. The van der Waals surface area contributed by atoms with E-state index in [0.29, 0.717) is 16.0 Å². The fourth-order valence-electron chi connectivity index (χ4n) is 1.81. The Morgan fingerprint density at radius 1 is 1.14 bits per heavy atom. The van der Waals surface area contributed by atoms with E-state index in [1.165, 1.54) is 17.4 Å². The van der Waals surface area contributed by atoms with Crippen molar-refractivity contribution in [3.63, 3.8) is 0 Å². The van der Waals surface area contributed by atoms with E-state index in [4.69, 9.17) is 0 Å². The molecule has 0 bridgehead atoms. The van der Waals surface area contributed by atoms with Crippen LogP contribution in [-0.2, 0) is 11.3 Å². The largest absolute Gasteiger partial charge is 0.350 e. The Balaban J connectivity index is 1.78. The van der Waals surface area contributed by atoms with Crippen molar-refractivity contribution < 1.29 is 14.0 Å². The van der Waals surface area contributed by atoms with Gasteiger partial charge in [0.05, 0.1) is 11.4 Å². The highest BCUT2D eigenvalue weighted by atomic mass is 32.1. The smallest absolute Gasteiger partial charge is 0.261 e. The van der Waals surface area contributed by atoms with Crippen molar-refractivity contribution in [3.8, 4) is 0 Å². The topological polar surface area (TPSA) is 58.2 Å². The van der Waals surface area contributed by atoms with Gasteiger partial charge in [-0.25, -0.2) is 4.39 Å². The van der Waals surface area contributed by atoms with Crippen LogP contribution in [-0.4, -0.2) is 18.4 Å². The van der Waals surface area contributed by atoms with Crippen molar-refractivity contribution >= 4 is 23.2 Å². The molecule has 2 aromatic rings. The van der Waals surface area contributed by atoms with Crippen LogP contribution >= 0.6 is 11.3 Å². The Morgan fingerprint density at radius 3 is 2.55 bits per heavy atom. The lowest BCUT2D eigenvalue weighted by molar-refractivity contribution is -0.120. The summed E-state index contributed by atoms with van der Waals surface area (Å²) >= 11 is 1.38. The third kappa shape index (κ3) is 4.39. The van der Waals surface area contributed by atoms with E-state index in [-0.39, 0.29) is 30.7 Å². The van der Waals surface area contributed by atoms with Gasteiger partial charge in [-0.2, -0.15) is 0 Å². The van der Waals surface area contributed by atoms with Gasteiger partial charge >= 0.3 is 0 Å². The molecule has 22 heavy (non-hydrogen) atoms. The van der Waals surface area contributed by atoms with Crippen molar-refractivity contribution in [2.24, 2.45) is 0 Å². The Kier molecular flexibility index (Phi) is 5.27. The summed E-state index contributed by atoms with van der Waals surface area (Å²) in [7, 11) is 0. The van der Waals surface area contributed by atoms with Gasteiger partial charge in [-0.05, 0) is 43.2 Å². The molecule has 0 atom stereocenters. The molecule has 2 amide bonds. The number of halogens is 1. The van der Waals surface area contributed by atoms with E-state index in [1.807, 2.05) is 13.0 Å². The Morgan fingerprint density at radius 2 is 1.91 bits per heavy atom. The minimum Gasteiger partial charge on any atom is -0.350 e. The number of hydrogen-bond acceptors (Lipinski definition) is 3. The number of carbonyl (C=O) groups is 2. The van der Waals surface area contributed by atoms with Crippen LogP contribution in [0.25, 0.3) is 0 Å². The first-order valence-corrected chi connectivity index (χ1v) is 7.63. The zero-order valence-electron chi connectivity index (χ0n) is 12.4. The molecule has 116 valence electrons. The van der Waals surface area contributed by atoms with Gasteiger partial charge in [0.2, 0.25) is 5.91 Å². The zero-order valence-corrected chi connectivity index (χ0v) is 13.2. The molecular formula is C16H17FN2O2S. The lowest BCUT2D eigenvalue weighted by Crippen LogP contribution is -2.36. The molecule has 0 aliphatic carbocycles. The molecule has 1 heterocycles. The number of nitrogens with one attached hydrogen (secondary N) is 2. The van der Waals surface area contributed by atoms with Gasteiger partial charge in [-0.3, -0.25) is 9.59 Å². The van der Waals surface area contributed by atoms with E-state index in [9.17, 15) is 14.0 Å². The fourth-order valence-corrected chi connectivity index (χ4v) is 2.60. The van der Waals surface area contributed by atoms with Crippen molar-refractivity contribution in [1.29, 1.82) is 0 Å². The number of hydrogen-bond donors (Lipinski definition) is 2. The lowest BCUT2D eigenvalue weighted by atomic mass is 10.1. The number of carbonyl (C=O) groups excluding carboxylic acids is 2. The molecule has 0 saturated heterocycles. The number of amides is 2. The highest BCUT2D eigenvalue weighted by Gasteiger charge is 2.09. The van der Waals surface area contributed by atoms with Crippen molar-refractivity contribution in [2.75, 3.05) is 6.54 Å². The molecule has 0 saturated carbocycles. The Labute approximate surface area is 132 Å². The summed E-state index contributed by atoms with van der Waals surface area (Å²) in [6.07, 6.45) is 0. The van der Waals surface area contributed by atoms with Gasteiger partial charge in [0.15, 0.2) is 0 Å². The zero-order chi connectivity index (χ0) is 16.1. The minimum absolute atomic E-state index is 0.107. The number of thiophene rings is 1. The van der Waals surface area contributed by atoms with Gasteiger partial charge < -0.3 is 10.6 Å². The average Bonchev–Trinajstić information content (AvgIpc) is 2.92. The van der Waals surface area contributed by atoms with Gasteiger partial charge in [0, 0.05) is 11.4 Å². The van der Waals surface area contributed by atoms with E-state index in [0.717, 1.165) is 4.88 Å². The molecule has 1 aromatic carbocycles. The second kappa shape index (κ2) is 7.17. The van der Waals surface area contributed by atoms with E-state index >= 15 is 0 Å². The van der Waals surface area contributed by atoms with Crippen LogP contribution in [0.2, 0.25) is 0 Å². The van der Waals surface area contributed by atoms with Crippen molar-refractivity contribution in [1.82, 2.24) is 10.6 Å². The maximum Gasteiger partial charge on any atom is 0.261 e. The predicted octanol–water partition coefficient (Wildman–Crippen LogP) is 2.55. The number of aryl methyl sites for hydroxylation is 2. The van der Waals surface area contributed by atoms with Crippen LogP contribution in [0.15, 0.2) is 30.3 Å². The van der Waals surface area contributed by atoms with Gasteiger partial charge in [-0.15, -0.1) is 11.3 Å². The number of rotatable bonds is 5. The van der Waals surface area contributed by atoms with E-state index in [1.54, 1.807) is 25.1 Å². The second-order valence-corrected chi connectivity index (χ2v) is 6.24. The summed E-state index contributed by atoms with van der Waals surface area (Å²) in [5.74, 6) is -0.884. The normalized spacial score (nSPS) is 10.3.